The molecule has 5 aromatic rings. The fraction of sp³-hybridized carbons (Fsp3) is 0.229. The molecule has 3 heterocycles. The zero-order chi connectivity index (χ0) is 33.3. The first kappa shape index (κ1) is 30.3. The van der Waals surface area contributed by atoms with Crippen molar-refractivity contribution in [1.29, 1.82) is 0 Å². The second-order valence-corrected chi connectivity index (χ2v) is 11.8. The van der Waals surface area contributed by atoms with Gasteiger partial charge in [0.05, 0.1) is 36.1 Å². The Hall–Kier alpha value is -5.33. The second kappa shape index (κ2) is 11.2. The lowest BCUT2D eigenvalue weighted by molar-refractivity contribution is 0.0153. The molecule has 1 N–H and O–H groups in total. The molecule has 3 atom stereocenters. The van der Waals surface area contributed by atoms with Gasteiger partial charge in [-0.2, -0.15) is 0 Å². The Morgan fingerprint density at radius 1 is 0.809 bits per heavy atom. The van der Waals surface area contributed by atoms with Gasteiger partial charge in [0.1, 0.15) is 11.6 Å². The van der Waals surface area contributed by atoms with Crippen molar-refractivity contribution in [3.05, 3.63) is 107 Å². The van der Waals surface area contributed by atoms with Crippen molar-refractivity contribution < 1.29 is 28.0 Å². The zero-order valence-electron chi connectivity index (χ0n) is 26.0. The summed E-state index contributed by atoms with van der Waals surface area (Å²) in [6.45, 7) is 5.24. The van der Waals surface area contributed by atoms with E-state index in [2.05, 4.69) is 10.3 Å². The maximum Gasteiger partial charge on any atom is 0.262 e. The van der Waals surface area contributed by atoms with E-state index in [1.165, 1.54) is 11.0 Å². The molecule has 0 bridgehead atoms. The summed E-state index contributed by atoms with van der Waals surface area (Å²) in [5.74, 6) is -3.82. The summed E-state index contributed by atoms with van der Waals surface area (Å²) in [5.41, 5.74) is 1.57. The maximum absolute atomic E-state index is 14.5. The van der Waals surface area contributed by atoms with E-state index in [1.54, 1.807) is 62.7 Å². The number of rotatable bonds is 8. The lowest BCUT2D eigenvalue weighted by atomic mass is 9.92. The minimum Gasteiger partial charge on any atom is -0.306 e. The summed E-state index contributed by atoms with van der Waals surface area (Å²) in [6, 6.07) is 13.3. The summed E-state index contributed by atoms with van der Waals surface area (Å²) in [7, 11) is 1.74. The number of halogens is 2. The van der Waals surface area contributed by atoms with Crippen LogP contribution in [0.4, 0.5) is 8.78 Å². The highest BCUT2D eigenvalue weighted by Crippen LogP contribution is 2.36. The first-order chi connectivity index (χ1) is 22.5. The molecule has 4 amide bonds. The number of hydrogen-bond donors (Lipinski definition) is 1. The van der Waals surface area contributed by atoms with Crippen molar-refractivity contribution in [3.8, 4) is 5.69 Å². The number of aromatic nitrogens is 2. The molecule has 12 heteroatoms. The van der Waals surface area contributed by atoms with E-state index in [-0.39, 0.29) is 21.9 Å². The van der Waals surface area contributed by atoms with E-state index in [9.17, 15) is 28.0 Å². The number of nitrogens with one attached hydrogen (secondary N) is 1. The van der Waals surface area contributed by atoms with E-state index >= 15 is 0 Å². The van der Waals surface area contributed by atoms with Crippen LogP contribution in [-0.2, 0) is 0 Å². The van der Waals surface area contributed by atoms with Gasteiger partial charge in [0, 0.05) is 50.6 Å². The lowest BCUT2D eigenvalue weighted by Gasteiger charge is -2.42. The Labute approximate surface area is 268 Å². The highest BCUT2D eigenvalue weighted by atomic mass is 19.1. The smallest absolute Gasteiger partial charge is 0.262 e. The topological polar surface area (TPSA) is 108 Å². The highest BCUT2D eigenvalue weighted by molar-refractivity contribution is 6.27. The van der Waals surface area contributed by atoms with Crippen molar-refractivity contribution in [3.63, 3.8) is 0 Å². The Morgan fingerprint density at radius 3 is 2.13 bits per heavy atom. The minimum absolute atomic E-state index is 0.0807. The highest BCUT2D eigenvalue weighted by Gasteiger charge is 2.41. The molecule has 3 unspecified atom stereocenters. The first-order valence-electron chi connectivity index (χ1n) is 15.2. The molecule has 0 aliphatic carbocycles. The van der Waals surface area contributed by atoms with Gasteiger partial charge in [-0.05, 0) is 69.8 Å². The van der Waals surface area contributed by atoms with Crippen LogP contribution < -0.4 is 5.32 Å². The molecule has 1 aromatic heterocycles. The summed E-state index contributed by atoms with van der Waals surface area (Å²) in [5, 5.41) is 4.55. The summed E-state index contributed by atoms with van der Waals surface area (Å²) < 4.78 is 30.8. The Bertz CT molecular complexity index is 2130. The van der Waals surface area contributed by atoms with Gasteiger partial charge in [0.15, 0.2) is 0 Å². The van der Waals surface area contributed by atoms with Crippen LogP contribution in [0.5, 0.6) is 0 Å². The van der Waals surface area contributed by atoms with E-state index in [4.69, 9.17) is 0 Å². The largest absolute Gasteiger partial charge is 0.306 e. The number of benzene rings is 4. The van der Waals surface area contributed by atoms with Crippen molar-refractivity contribution in [1.82, 2.24) is 29.6 Å². The molecule has 47 heavy (non-hydrogen) atoms. The van der Waals surface area contributed by atoms with Crippen molar-refractivity contribution >= 4 is 45.2 Å². The third-order valence-corrected chi connectivity index (χ3v) is 9.29. The maximum atomic E-state index is 14.5. The molecule has 2 aliphatic rings. The third kappa shape index (κ3) is 4.55. The molecule has 0 spiro atoms. The van der Waals surface area contributed by atoms with Gasteiger partial charge in [-0.15, -0.1) is 0 Å². The van der Waals surface area contributed by atoms with Crippen LogP contribution in [-0.4, -0.2) is 73.4 Å². The lowest BCUT2D eigenvalue weighted by Crippen LogP contribution is -2.61. The van der Waals surface area contributed by atoms with Crippen LogP contribution in [0.1, 0.15) is 68.6 Å². The Kier molecular flexibility index (Phi) is 7.21. The molecule has 0 saturated heterocycles. The molecule has 4 aromatic carbocycles. The average molecular weight is 637 g/mol. The monoisotopic (exact) mass is 636 g/mol. The Balaban J connectivity index is 1.16. The van der Waals surface area contributed by atoms with Crippen LogP contribution in [0, 0.1) is 11.6 Å². The van der Waals surface area contributed by atoms with Crippen LogP contribution >= 0.6 is 0 Å². The van der Waals surface area contributed by atoms with E-state index < -0.39 is 53.8 Å². The number of amides is 4. The standard InChI is InChI=1S/C35H30F2N6O4/c1-5-29(39-18(2)42-32(44)23-9-11-27(37)25-15-20(36)16-26(31(23)25)35(42)47)40(4)19(3)43-33(45)22-8-6-7-21-28(41-14-13-38-17-41)12-10-24(30(21)22)34(43)46/h6-19,29,39H,5H2,1-4H3. The molecule has 2 aliphatic heterocycles. The summed E-state index contributed by atoms with van der Waals surface area (Å²) in [4.78, 5) is 63.2. The van der Waals surface area contributed by atoms with Crippen LogP contribution in [0.2, 0.25) is 0 Å². The van der Waals surface area contributed by atoms with E-state index in [1.807, 2.05) is 23.6 Å². The average Bonchev–Trinajstić information content (AvgIpc) is 3.60. The summed E-state index contributed by atoms with van der Waals surface area (Å²) in [6.07, 6.45) is 3.41. The predicted molar refractivity (Wildman–Crippen MR) is 170 cm³/mol. The summed E-state index contributed by atoms with van der Waals surface area (Å²) >= 11 is 0. The van der Waals surface area contributed by atoms with Crippen molar-refractivity contribution in [2.45, 2.75) is 45.7 Å². The van der Waals surface area contributed by atoms with Gasteiger partial charge < -0.3 is 4.57 Å². The second-order valence-electron chi connectivity index (χ2n) is 11.8. The fourth-order valence-electron chi connectivity index (χ4n) is 6.85. The molecule has 238 valence electrons. The number of carbonyl (C=O) groups excluding carboxylic acids is 4. The SMILES string of the molecule is CCC(NC(C)N1C(=O)c2ccc(F)c3cc(F)cc(c23)C1=O)N(C)C(C)N1C(=O)c2cccc3c(-n4ccnc4)ccc(c23)C1=O. The quantitative estimate of drug-likeness (QED) is 0.182. The molecular weight excluding hydrogens is 606 g/mol. The molecule has 0 radical (unpaired) electrons. The van der Waals surface area contributed by atoms with Gasteiger partial charge in [-0.3, -0.25) is 39.2 Å². The molecule has 0 fully saturated rings. The van der Waals surface area contributed by atoms with E-state index in [0.717, 1.165) is 34.2 Å². The van der Waals surface area contributed by atoms with Gasteiger partial charge in [0.2, 0.25) is 0 Å². The normalized spacial score (nSPS) is 16.5. The number of nitrogens with zero attached hydrogens (tertiary/aromatic N) is 5. The molecular formula is C35H30F2N6O4. The van der Waals surface area contributed by atoms with Crippen LogP contribution in [0.15, 0.2) is 73.3 Å². The van der Waals surface area contributed by atoms with Crippen molar-refractivity contribution in [2.75, 3.05) is 7.05 Å². The molecule has 0 saturated carbocycles. The van der Waals surface area contributed by atoms with Crippen LogP contribution in [0.25, 0.3) is 27.2 Å². The number of imide groups is 2. The van der Waals surface area contributed by atoms with Gasteiger partial charge >= 0.3 is 0 Å². The predicted octanol–water partition coefficient (Wildman–Crippen LogP) is 5.30. The molecule has 7 rings (SSSR count). The Morgan fingerprint density at radius 2 is 1.45 bits per heavy atom. The first-order valence-corrected chi connectivity index (χ1v) is 15.2. The number of hydrogen-bond acceptors (Lipinski definition) is 7. The number of carbonyl (C=O) groups is 4. The molecule has 10 nitrogen and oxygen atoms in total. The van der Waals surface area contributed by atoms with Crippen molar-refractivity contribution in [2.24, 2.45) is 0 Å². The third-order valence-electron chi connectivity index (χ3n) is 9.29. The zero-order valence-corrected chi connectivity index (χ0v) is 26.0. The van der Waals surface area contributed by atoms with Crippen LogP contribution in [0.3, 0.4) is 0 Å². The van der Waals surface area contributed by atoms with Gasteiger partial charge in [-0.1, -0.05) is 19.1 Å². The number of imidazole rings is 1. The van der Waals surface area contributed by atoms with E-state index in [0.29, 0.717) is 22.9 Å². The van der Waals surface area contributed by atoms with Gasteiger partial charge in [0.25, 0.3) is 23.6 Å². The minimum atomic E-state index is -0.894. The fourth-order valence-corrected chi connectivity index (χ4v) is 6.85. The van der Waals surface area contributed by atoms with Gasteiger partial charge in [-0.25, -0.2) is 13.8 Å².